The average Bonchev–Trinajstić information content (AvgIpc) is 2.90. The summed E-state index contributed by atoms with van der Waals surface area (Å²) in [7, 11) is 0.986. The van der Waals surface area contributed by atoms with E-state index in [4.69, 9.17) is 4.74 Å². The Bertz CT molecular complexity index is 682. The molecule has 1 aromatic carbocycles. The summed E-state index contributed by atoms with van der Waals surface area (Å²) in [5, 5.41) is 0. The monoisotopic (exact) mass is 400 g/mol. The van der Waals surface area contributed by atoms with Gasteiger partial charge < -0.3 is 9.64 Å². The molecule has 146 valence electrons. The molecule has 2 rings (SSSR count). The van der Waals surface area contributed by atoms with Gasteiger partial charge in [-0.2, -0.15) is 0 Å². The molecule has 1 saturated carbocycles. The van der Waals surface area contributed by atoms with Crippen LogP contribution in [0.4, 0.5) is 4.79 Å². The number of ether oxygens (including phenoxy) is 1. The quantitative estimate of drug-likeness (QED) is 0.409. The van der Waals surface area contributed by atoms with Gasteiger partial charge in [-0.1, -0.05) is 37.8 Å². The number of nitrogens with zero attached hydrogens (tertiary/aromatic N) is 2. The number of amides is 1. The summed E-state index contributed by atoms with van der Waals surface area (Å²) in [5.41, 5.74) is 1.22. The van der Waals surface area contributed by atoms with Gasteiger partial charge in [-0.15, -0.1) is 3.71 Å². The molecule has 1 aromatic rings. The Hall–Kier alpha value is -1.25. The third-order valence-corrected chi connectivity index (χ3v) is 7.66. The minimum absolute atomic E-state index is 0.0626. The molecular weight excluding hydrogens is 372 g/mol. The molecule has 0 bridgehead atoms. The highest BCUT2D eigenvalue weighted by atomic mass is 32.3. The largest absolute Gasteiger partial charge is 0.437 e. The maximum atomic E-state index is 12.6. The number of hydrogen-bond donors (Lipinski definition) is 0. The van der Waals surface area contributed by atoms with E-state index in [1.807, 2.05) is 12.1 Å². The summed E-state index contributed by atoms with van der Waals surface area (Å²) >= 11 is 0.935. The molecule has 0 heterocycles. The van der Waals surface area contributed by atoms with Crippen molar-refractivity contribution >= 4 is 28.1 Å². The van der Waals surface area contributed by atoms with E-state index < -0.39 is 16.1 Å². The first-order valence-electron chi connectivity index (χ1n) is 8.88. The summed E-state index contributed by atoms with van der Waals surface area (Å²) in [4.78, 5) is 12.9. The third kappa shape index (κ3) is 5.62. The van der Waals surface area contributed by atoms with Crippen LogP contribution >= 0.6 is 11.9 Å². The third-order valence-electron chi connectivity index (χ3n) is 4.63. The van der Waals surface area contributed by atoms with Gasteiger partial charge in [0.25, 0.3) is 10.0 Å². The maximum absolute atomic E-state index is 12.6. The van der Waals surface area contributed by atoms with Gasteiger partial charge in [0.15, 0.2) is 5.94 Å². The lowest BCUT2D eigenvalue weighted by Gasteiger charge is -2.18. The molecule has 0 atom stereocenters. The van der Waals surface area contributed by atoms with E-state index in [0.29, 0.717) is 5.92 Å². The first-order valence-corrected chi connectivity index (χ1v) is 11.3. The predicted molar refractivity (Wildman–Crippen MR) is 104 cm³/mol. The van der Waals surface area contributed by atoms with Crippen molar-refractivity contribution in [2.75, 3.05) is 27.1 Å². The second kappa shape index (κ2) is 9.62. The highest BCUT2D eigenvalue weighted by Gasteiger charge is 2.23. The highest BCUT2D eigenvalue weighted by molar-refractivity contribution is 8.08. The van der Waals surface area contributed by atoms with E-state index in [-0.39, 0.29) is 10.8 Å². The highest BCUT2D eigenvalue weighted by Crippen LogP contribution is 2.32. The topological polar surface area (TPSA) is 66.9 Å². The average molecular weight is 401 g/mol. The minimum Gasteiger partial charge on any atom is -0.437 e. The van der Waals surface area contributed by atoms with Crippen LogP contribution in [0.5, 0.6) is 0 Å². The first-order chi connectivity index (χ1) is 12.3. The van der Waals surface area contributed by atoms with Gasteiger partial charge in [-0.3, -0.25) is 0 Å². The molecule has 0 N–H and O–H groups in total. The Balaban J connectivity index is 1.98. The Morgan fingerprint density at radius 1 is 1.08 bits per heavy atom. The lowest BCUT2D eigenvalue weighted by molar-refractivity contribution is 0.136. The molecule has 0 spiro atoms. The van der Waals surface area contributed by atoms with Gasteiger partial charge in [0.05, 0.1) is 4.90 Å². The van der Waals surface area contributed by atoms with Crippen molar-refractivity contribution in [1.29, 1.82) is 0 Å². The fourth-order valence-electron chi connectivity index (χ4n) is 3.02. The molecular formula is C18H28N2O4S2. The number of carbonyl (C=O) groups is 1. The molecule has 6 nitrogen and oxygen atoms in total. The van der Waals surface area contributed by atoms with Gasteiger partial charge in [0.1, 0.15) is 0 Å². The SMILES string of the molecule is CN(C)C(=O)OCSN(C)S(=O)(=O)c1ccc(C2CCCCCC2)cc1. The second-order valence-electron chi connectivity index (χ2n) is 6.72. The Morgan fingerprint density at radius 3 is 2.19 bits per heavy atom. The van der Waals surface area contributed by atoms with Gasteiger partial charge in [-0.25, -0.2) is 13.2 Å². The molecule has 0 saturated heterocycles. The van der Waals surface area contributed by atoms with Crippen molar-refractivity contribution in [2.45, 2.75) is 49.3 Å². The zero-order chi connectivity index (χ0) is 19.2. The second-order valence-corrected chi connectivity index (χ2v) is 9.97. The number of hydrogen-bond acceptors (Lipinski definition) is 5. The predicted octanol–water partition coefficient (Wildman–Crippen LogP) is 4.05. The fraction of sp³-hybridized carbons (Fsp3) is 0.611. The van der Waals surface area contributed by atoms with E-state index >= 15 is 0 Å². The van der Waals surface area contributed by atoms with Crippen LogP contribution in [-0.4, -0.2) is 50.2 Å². The van der Waals surface area contributed by atoms with Crippen molar-refractivity contribution in [3.63, 3.8) is 0 Å². The van der Waals surface area contributed by atoms with Gasteiger partial charge in [0, 0.05) is 21.1 Å². The molecule has 1 fully saturated rings. The fourth-order valence-corrected chi connectivity index (χ4v) is 5.04. The van der Waals surface area contributed by atoms with Crippen molar-refractivity contribution in [3.8, 4) is 0 Å². The molecule has 0 aromatic heterocycles. The van der Waals surface area contributed by atoms with E-state index in [1.165, 1.54) is 56.0 Å². The number of benzene rings is 1. The lowest BCUT2D eigenvalue weighted by atomic mass is 9.92. The van der Waals surface area contributed by atoms with Crippen LogP contribution in [0.25, 0.3) is 0 Å². The zero-order valence-electron chi connectivity index (χ0n) is 15.7. The summed E-state index contributed by atoms with van der Waals surface area (Å²) in [6.45, 7) is 0. The van der Waals surface area contributed by atoms with Crippen LogP contribution < -0.4 is 0 Å². The van der Waals surface area contributed by atoms with E-state index in [0.717, 1.165) is 15.7 Å². The van der Waals surface area contributed by atoms with Gasteiger partial charge in [0.2, 0.25) is 0 Å². The normalized spacial score (nSPS) is 16.3. The molecule has 1 aliphatic rings. The molecule has 1 amide bonds. The first kappa shape index (κ1) is 21.1. The van der Waals surface area contributed by atoms with Crippen LogP contribution in [0.1, 0.15) is 50.0 Å². The Labute approximate surface area is 161 Å². The summed E-state index contributed by atoms with van der Waals surface area (Å²) in [6, 6.07) is 7.23. The Kier molecular flexibility index (Phi) is 7.79. The van der Waals surface area contributed by atoms with E-state index in [1.54, 1.807) is 26.2 Å². The van der Waals surface area contributed by atoms with Gasteiger partial charge >= 0.3 is 6.09 Å². The van der Waals surface area contributed by atoms with Crippen molar-refractivity contribution < 1.29 is 17.9 Å². The van der Waals surface area contributed by atoms with Crippen LogP contribution in [0, 0.1) is 0 Å². The summed E-state index contributed by atoms with van der Waals surface area (Å²) < 4.78 is 31.4. The molecule has 0 unspecified atom stereocenters. The zero-order valence-corrected chi connectivity index (χ0v) is 17.3. The van der Waals surface area contributed by atoms with Gasteiger partial charge in [-0.05, 0) is 48.4 Å². The van der Waals surface area contributed by atoms with Crippen LogP contribution in [0.2, 0.25) is 0 Å². The smallest absolute Gasteiger partial charge is 0.410 e. The molecule has 26 heavy (non-hydrogen) atoms. The molecule has 0 radical (unpaired) electrons. The van der Waals surface area contributed by atoms with Crippen LogP contribution in [0.3, 0.4) is 0 Å². The van der Waals surface area contributed by atoms with Crippen molar-refractivity contribution in [3.05, 3.63) is 29.8 Å². The summed E-state index contributed by atoms with van der Waals surface area (Å²) in [6.07, 6.45) is 6.94. The van der Waals surface area contributed by atoms with Crippen LogP contribution in [-0.2, 0) is 14.8 Å². The number of rotatable bonds is 6. The number of carbonyl (C=O) groups excluding carboxylic acids is 1. The van der Waals surface area contributed by atoms with Crippen LogP contribution in [0.15, 0.2) is 29.2 Å². The molecule has 8 heteroatoms. The van der Waals surface area contributed by atoms with E-state index in [9.17, 15) is 13.2 Å². The maximum Gasteiger partial charge on any atom is 0.410 e. The molecule has 1 aliphatic carbocycles. The Morgan fingerprint density at radius 2 is 1.65 bits per heavy atom. The van der Waals surface area contributed by atoms with Crippen molar-refractivity contribution in [2.24, 2.45) is 0 Å². The summed E-state index contributed by atoms with van der Waals surface area (Å²) in [5.74, 6) is 0.471. The molecule has 0 aliphatic heterocycles. The van der Waals surface area contributed by atoms with Crippen molar-refractivity contribution in [1.82, 2.24) is 8.61 Å². The number of sulfonamides is 1. The van der Waals surface area contributed by atoms with E-state index in [2.05, 4.69) is 0 Å². The minimum atomic E-state index is -3.62. The lowest BCUT2D eigenvalue weighted by Crippen LogP contribution is -2.25. The standard InChI is InChI=1S/C18H28N2O4S2/c1-19(2)18(21)24-14-25-20(3)26(22,23)17-12-10-16(11-13-17)15-8-6-4-5-7-9-15/h10-13,15H,4-9,14H2,1-3H3.